The molecule has 1 N–H and O–H groups in total. The van der Waals surface area contributed by atoms with Gasteiger partial charge in [-0.2, -0.15) is 0 Å². The predicted molar refractivity (Wildman–Crippen MR) is 133 cm³/mol. The summed E-state index contributed by atoms with van der Waals surface area (Å²) in [6, 6.07) is 8.11. The fourth-order valence-electron chi connectivity index (χ4n) is 3.34. The molecule has 0 bridgehead atoms. The molecule has 1 atom stereocenters. The molecule has 9 nitrogen and oxygen atoms in total. The molecule has 1 aliphatic heterocycles. The van der Waals surface area contributed by atoms with E-state index in [2.05, 4.69) is 14.7 Å². The van der Waals surface area contributed by atoms with Gasteiger partial charge >= 0.3 is 0 Å². The molecule has 0 spiro atoms. The predicted octanol–water partition coefficient (Wildman–Crippen LogP) is 3.24. The van der Waals surface area contributed by atoms with Gasteiger partial charge in [-0.1, -0.05) is 6.08 Å². The van der Waals surface area contributed by atoms with Crippen LogP contribution in [0.2, 0.25) is 0 Å². The second kappa shape index (κ2) is 11.3. The van der Waals surface area contributed by atoms with Crippen LogP contribution in [0.3, 0.4) is 0 Å². The lowest BCUT2D eigenvalue weighted by molar-refractivity contribution is 0.0746. The van der Waals surface area contributed by atoms with E-state index >= 15 is 0 Å². The zero-order chi connectivity index (χ0) is 24.7. The zero-order valence-corrected chi connectivity index (χ0v) is 20.9. The number of aromatic nitrogens is 2. The topological polar surface area (TPSA) is 105 Å². The van der Waals surface area contributed by atoms with Crippen molar-refractivity contribution in [2.75, 3.05) is 42.9 Å². The number of carbonyl (C=O) groups excluding carboxylic acids is 1. The van der Waals surface area contributed by atoms with E-state index in [1.54, 1.807) is 60.6 Å². The summed E-state index contributed by atoms with van der Waals surface area (Å²) in [5, 5.41) is -0.270. The molecular weight excluding hydrogens is 478 g/mol. The van der Waals surface area contributed by atoms with Gasteiger partial charge in [0.1, 0.15) is 10.7 Å². The Balaban J connectivity index is 1.64. The lowest BCUT2D eigenvalue weighted by Gasteiger charge is -2.34. The van der Waals surface area contributed by atoms with Crippen LogP contribution in [-0.2, 0) is 14.8 Å². The molecule has 182 valence electrons. The Labute approximate surface area is 205 Å². The van der Waals surface area contributed by atoms with Crippen molar-refractivity contribution < 1.29 is 17.9 Å². The molecule has 34 heavy (non-hydrogen) atoms. The number of nitrogens with one attached hydrogen (secondary N) is 1. The van der Waals surface area contributed by atoms with E-state index in [4.69, 9.17) is 16.3 Å². The van der Waals surface area contributed by atoms with Crippen LogP contribution in [0, 0.1) is 0 Å². The summed E-state index contributed by atoms with van der Waals surface area (Å²) in [4.78, 5) is 25.2. The largest absolute Gasteiger partial charge is 0.496 e. The Bertz CT molecular complexity index is 1140. The van der Waals surface area contributed by atoms with Crippen LogP contribution >= 0.6 is 11.6 Å². The van der Waals surface area contributed by atoms with Crippen LogP contribution in [0.1, 0.15) is 24.2 Å². The van der Waals surface area contributed by atoms with E-state index in [1.165, 1.54) is 20.1 Å². The molecule has 3 rings (SSSR count). The third kappa shape index (κ3) is 6.48. The quantitative estimate of drug-likeness (QED) is 0.333. The molecule has 2 aromatic rings. The smallest absolute Gasteiger partial charge is 0.261 e. The van der Waals surface area contributed by atoms with Crippen molar-refractivity contribution in [2.24, 2.45) is 0 Å². The van der Waals surface area contributed by atoms with E-state index in [-0.39, 0.29) is 21.9 Å². The highest BCUT2D eigenvalue weighted by Gasteiger charge is 2.24. The Kier molecular flexibility index (Phi) is 8.51. The van der Waals surface area contributed by atoms with Gasteiger partial charge in [0.2, 0.25) is 5.95 Å². The fraction of sp³-hybridized carbons (Fsp3) is 0.348. The molecule has 1 amide bonds. The van der Waals surface area contributed by atoms with Crippen molar-refractivity contribution in [1.82, 2.24) is 14.9 Å². The Hall–Kier alpha value is -3.11. The lowest BCUT2D eigenvalue weighted by atomic mass is 10.1. The highest BCUT2D eigenvalue weighted by atomic mass is 35.5. The number of anilines is 2. The minimum atomic E-state index is -3.86. The normalized spacial score (nSPS) is 16.2. The molecule has 1 aromatic carbocycles. The summed E-state index contributed by atoms with van der Waals surface area (Å²) in [5.41, 5.74) is 0.823. The number of methoxy groups -OCH3 is 1. The Morgan fingerprint density at radius 3 is 2.32 bits per heavy atom. The van der Waals surface area contributed by atoms with Gasteiger partial charge in [-0.05, 0) is 50.3 Å². The average Bonchev–Trinajstić information content (AvgIpc) is 2.84. The number of carbonyl (C=O) groups is 1. The maximum Gasteiger partial charge on any atom is 0.261 e. The van der Waals surface area contributed by atoms with Gasteiger partial charge in [0, 0.05) is 55.2 Å². The standard InChI is InChI=1S/C23H28ClN5O4S/c1-17(24)5-10-21(33-3)18(2)34(31,32)27-20-8-6-19(7-9-20)22(30)28-13-15-29(16-14-28)23-25-11-4-12-26-23/h4-12,17,27H,13-16H2,1-3H3/b10-5-,21-18-. The minimum absolute atomic E-state index is 0.0176. The molecule has 11 heteroatoms. The van der Waals surface area contributed by atoms with Crippen molar-refractivity contribution in [3.63, 3.8) is 0 Å². The Morgan fingerprint density at radius 2 is 1.76 bits per heavy atom. The average molecular weight is 506 g/mol. The number of alkyl halides is 1. The van der Waals surface area contributed by atoms with E-state index in [0.717, 1.165) is 0 Å². The first-order chi connectivity index (χ1) is 16.2. The zero-order valence-electron chi connectivity index (χ0n) is 19.3. The molecule has 1 saturated heterocycles. The molecule has 1 aromatic heterocycles. The SMILES string of the molecule is COC(/C=C\C(C)Cl)=C(/C)S(=O)(=O)Nc1ccc(C(=O)N2CCN(c3ncccn3)CC2)cc1. The van der Waals surface area contributed by atoms with Crippen LogP contribution < -0.4 is 9.62 Å². The number of allylic oxidation sites excluding steroid dienone is 3. The van der Waals surface area contributed by atoms with Crippen LogP contribution in [-0.4, -0.2) is 67.9 Å². The number of amides is 1. The number of sulfonamides is 1. The van der Waals surface area contributed by atoms with Crippen molar-refractivity contribution in [3.8, 4) is 0 Å². The second-order valence-corrected chi connectivity index (χ2v) is 10.2. The maximum absolute atomic E-state index is 12.9. The highest BCUT2D eigenvalue weighted by Crippen LogP contribution is 2.20. The number of nitrogens with zero attached hydrogens (tertiary/aromatic N) is 4. The van der Waals surface area contributed by atoms with Gasteiger partial charge in [-0.15, -0.1) is 11.6 Å². The number of hydrogen-bond acceptors (Lipinski definition) is 7. The van der Waals surface area contributed by atoms with E-state index < -0.39 is 10.0 Å². The molecule has 0 radical (unpaired) electrons. The Morgan fingerprint density at radius 1 is 1.15 bits per heavy atom. The number of benzene rings is 1. The van der Waals surface area contributed by atoms with Crippen molar-refractivity contribution in [1.29, 1.82) is 0 Å². The van der Waals surface area contributed by atoms with Crippen LogP contribution in [0.4, 0.5) is 11.6 Å². The second-order valence-electron chi connectivity index (χ2n) is 7.67. The van der Waals surface area contributed by atoms with Gasteiger partial charge in [0.15, 0.2) is 0 Å². The maximum atomic E-state index is 12.9. The monoisotopic (exact) mass is 505 g/mol. The summed E-state index contributed by atoms with van der Waals surface area (Å²) in [7, 11) is -2.47. The van der Waals surface area contributed by atoms with Gasteiger partial charge < -0.3 is 14.5 Å². The summed E-state index contributed by atoms with van der Waals surface area (Å²) >= 11 is 5.89. The van der Waals surface area contributed by atoms with Crippen LogP contribution in [0.15, 0.2) is 65.5 Å². The van der Waals surface area contributed by atoms with E-state index in [1.807, 2.05) is 4.90 Å². The third-order valence-corrected chi connectivity index (χ3v) is 6.93. The molecule has 1 aliphatic rings. The number of rotatable bonds is 8. The van der Waals surface area contributed by atoms with Crippen molar-refractivity contribution in [2.45, 2.75) is 19.2 Å². The van der Waals surface area contributed by atoms with Crippen LogP contribution in [0.25, 0.3) is 0 Å². The first-order valence-electron chi connectivity index (χ1n) is 10.7. The summed E-state index contributed by atoms with van der Waals surface area (Å²) in [6.07, 6.45) is 6.55. The number of hydrogen-bond donors (Lipinski definition) is 1. The van der Waals surface area contributed by atoms with Crippen LogP contribution in [0.5, 0.6) is 0 Å². The molecule has 0 aliphatic carbocycles. The fourth-order valence-corrected chi connectivity index (χ4v) is 4.43. The molecule has 1 fully saturated rings. The van der Waals surface area contributed by atoms with Gasteiger partial charge in [0.25, 0.3) is 15.9 Å². The molecule has 1 unspecified atom stereocenters. The summed E-state index contributed by atoms with van der Waals surface area (Å²) in [6.45, 7) is 5.57. The number of piperazine rings is 1. The highest BCUT2D eigenvalue weighted by molar-refractivity contribution is 7.96. The first kappa shape index (κ1) is 25.5. The van der Waals surface area contributed by atoms with E-state index in [9.17, 15) is 13.2 Å². The van der Waals surface area contributed by atoms with Crippen molar-refractivity contribution in [3.05, 3.63) is 71.1 Å². The van der Waals surface area contributed by atoms with Crippen molar-refractivity contribution >= 4 is 39.2 Å². The summed E-state index contributed by atoms with van der Waals surface area (Å²) in [5.74, 6) is 0.729. The molecule has 2 heterocycles. The molecule has 0 saturated carbocycles. The number of ether oxygens (including phenoxy) is 1. The van der Waals surface area contributed by atoms with Gasteiger partial charge in [0.05, 0.1) is 7.11 Å². The minimum Gasteiger partial charge on any atom is -0.496 e. The number of halogens is 1. The summed E-state index contributed by atoms with van der Waals surface area (Å²) < 4.78 is 33.2. The van der Waals surface area contributed by atoms with Gasteiger partial charge in [-0.3, -0.25) is 9.52 Å². The lowest BCUT2D eigenvalue weighted by Crippen LogP contribution is -2.49. The molecular formula is C23H28ClN5O4S. The first-order valence-corrected chi connectivity index (χ1v) is 12.6. The van der Waals surface area contributed by atoms with E-state index in [0.29, 0.717) is 43.4 Å². The third-order valence-electron chi connectivity index (χ3n) is 5.27. The van der Waals surface area contributed by atoms with Gasteiger partial charge in [-0.25, -0.2) is 18.4 Å².